The number of rotatable bonds is 16. The van der Waals surface area contributed by atoms with Crippen LogP contribution in [0.3, 0.4) is 0 Å². The van der Waals surface area contributed by atoms with Gasteiger partial charge in [0.05, 0.1) is 50.3 Å². The van der Waals surface area contributed by atoms with E-state index in [0.29, 0.717) is 44.9 Å². The second-order valence-corrected chi connectivity index (χ2v) is 26.7. The van der Waals surface area contributed by atoms with Gasteiger partial charge >= 0.3 is 0 Å². The maximum absolute atomic E-state index is 13.0. The van der Waals surface area contributed by atoms with E-state index in [1.54, 1.807) is 0 Å². The molecule has 9 fully saturated rings. The normalized spacial score (nSPS) is 56.2. The average Bonchev–Trinajstić information content (AvgIpc) is 1.71. The first-order chi connectivity index (χ1) is 39.5. The Morgan fingerprint density at radius 1 is 0.560 bits per heavy atom. The summed E-state index contributed by atoms with van der Waals surface area (Å²) in [4.78, 5) is 0. The van der Waals surface area contributed by atoms with Crippen LogP contribution in [0, 0.1) is 40.4 Å². The Balaban J connectivity index is 0.795. The summed E-state index contributed by atoms with van der Waals surface area (Å²) in [5.41, 5.74) is -1.04. The summed E-state index contributed by atoms with van der Waals surface area (Å²) in [6.45, 7) is 11.2. The quantitative estimate of drug-likeness (QED) is 0.0655. The first-order valence-electron chi connectivity index (χ1n) is 30.2. The molecule has 6 aliphatic heterocycles. The van der Waals surface area contributed by atoms with E-state index in [-0.39, 0.29) is 42.1 Å². The number of allylic oxidation sites excluding steroid dienone is 1. The molecule has 27 nitrogen and oxygen atoms in total. The Kier molecular flexibility index (Phi) is 19.6. The lowest BCUT2D eigenvalue weighted by atomic mass is 9.46. The highest BCUT2D eigenvalue weighted by atomic mass is 16.8. The Morgan fingerprint density at radius 2 is 1.11 bits per heavy atom. The summed E-state index contributed by atoms with van der Waals surface area (Å²) in [6, 6.07) is 0. The molecule has 36 atom stereocenters. The Hall–Kier alpha value is -1.34. The molecule has 36 unspecified atom stereocenters. The molecule has 6 saturated heterocycles. The van der Waals surface area contributed by atoms with Crippen molar-refractivity contribution in [3.8, 4) is 0 Å². The SMILES string of the molecule is CC(CCC1(O)OC2CC3C4CC=C5CC(OC6OC(CO)C(OC7OC(C)C(OC8OC(C)C(O)C(O)C8O)C(O)C7O)C(O)C6OC6OC(C)C(O)C(O)C6O)CCC5(C)C4CCC3(C)C2(O)C1C)COC1OC(CO)C(O)C(O)C1O. The summed E-state index contributed by atoms with van der Waals surface area (Å²) in [5.74, 6) is -2.01. The van der Waals surface area contributed by atoms with Crippen molar-refractivity contribution in [3.63, 3.8) is 0 Å². The van der Waals surface area contributed by atoms with Crippen LogP contribution < -0.4 is 0 Å². The minimum absolute atomic E-state index is 0.0642. The Morgan fingerprint density at radius 3 is 1.73 bits per heavy atom. The van der Waals surface area contributed by atoms with Crippen molar-refractivity contribution in [1.82, 2.24) is 0 Å². The van der Waals surface area contributed by atoms with Gasteiger partial charge in [-0.05, 0) is 101 Å². The largest absolute Gasteiger partial charge is 0.394 e. The van der Waals surface area contributed by atoms with E-state index in [1.807, 2.05) is 13.8 Å². The van der Waals surface area contributed by atoms with Crippen LogP contribution in [0.15, 0.2) is 11.6 Å². The van der Waals surface area contributed by atoms with Crippen LogP contribution >= 0.6 is 0 Å². The predicted molar refractivity (Wildman–Crippen MR) is 281 cm³/mol. The molecule has 0 aromatic rings. The molecule has 6 heterocycles. The third kappa shape index (κ3) is 11.3. The molecular weight excluding hydrogens is 1120 g/mol. The van der Waals surface area contributed by atoms with Gasteiger partial charge in [0.25, 0.3) is 0 Å². The van der Waals surface area contributed by atoms with E-state index < -0.39 is 202 Å². The topological polar surface area (TPSA) is 425 Å². The van der Waals surface area contributed by atoms with Crippen LogP contribution in [-0.2, 0) is 52.1 Å². The van der Waals surface area contributed by atoms with E-state index in [1.165, 1.54) is 26.3 Å². The number of hydrogen-bond acceptors (Lipinski definition) is 27. The van der Waals surface area contributed by atoms with Gasteiger partial charge in [0.2, 0.25) is 0 Å². The van der Waals surface area contributed by atoms with Gasteiger partial charge in [-0.25, -0.2) is 0 Å². The summed E-state index contributed by atoms with van der Waals surface area (Å²) >= 11 is 0. The van der Waals surface area contributed by atoms with Crippen molar-refractivity contribution in [2.24, 2.45) is 40.4 Å². The number of hydrogen-bond donors (Lipinski definition) is 16. The molecule has 10 rings (SSSR count). The molecule has 4 aliphatic carbocycles. The van der Waals surface area contributed by atoms with Crippen LogP contribution in [0.4, 0.5) is 0 Å². The van der Waals surface area contributed by atoms with Gasteiger partial charge in [0.1, 0.15) is 109 Å². The van der Waals surface area contributed by atoms with Crippen molar-refractivity contribution in [1.29, 1.82) is 0 Å². The Bertz CT molecular complexity index is 2250. The number of aliphatic hydroxyl groups is 16. The van der Waals surface area contributed by atoms with Crippen LogP contribution in [0.2, 0.25) is 0 Å². The van der Waals surface area contributed by atoms with E-state index in [9.17, 15) is 81.7 Å². The van der Waals surface area contributed by atoms with Gasteiger partial charge in [-0.3, -0.25) is 0 Å². The third-order valence-electron chi connectivity index (χ3n) is 21.8. The second-order valence-electron chi connectivity index (χ2n) is 26.7. The number of ether oxygens (including phenoxy) is 11. The van der Waals surface area contributed by atoms with Crippen LogP contribution in [0.5, 0.6) is 0 Å². The van der Waals surface area contributed by atoms with Gasteiger partial charge in [-0.2, -0.15) is 0 Å². The van der Waals surface area contributed by atoms with E-state index >= 15 is 0 Å². The molecule has 10 aliphatic rings. The lowest BCUT2D eigenvalue weighted by Crippen LogP contribution is -2.67. The summed E-state index contributed by atoms with van der Waals surface area (Å²) < 4.78 is 66.4. The fourth-order valence-electron chi connectivity index (χ4n) is 16.3. The minimum Gasteiger partial charge on any atom is -0.394 e. The van der Waals surface area contributed by atoms with E-state index in [2.05, 4.69) is 19.9 Å². The van der Waals surface area contributed by atoms with Gasteiger partial charge < -0.3 is 134 Å². The molecule has 84 heavy (non-hydrogen) atoms. The maximum atomic E-state index is 13.0. The van der Waals surface area contributed by atoms with Crippen LogP contribution in [0.25, 0.3) is 0 Å². The smallest absolute Gasteiger partial charge is 0.187 e. The highest BCUT2D eigenvalue weighted by Crippen LogP contribution is 2.71. The van der Waals surface area contributed by atoms with Gasteiger partial charge in [0, 0.05) is 17.8 Å². The van der Waals surface area contributed by atoms with Crippen molar-refractivity contribution in [3.05, 3.63) is 11.6 Å². The maximum Gasteiger partial charge on any atom is 0.187 e. The molecule has 0 aromatic carbocycles. The second kappa shape index (κ2) is 25.0. The zero-order valence-electron chi connectivity index (χ0n) is 48.7. The first kappa shape index (κ1) is 65.6. The molecule has 0 amide bonds. The van der Waals surface area contributed by atoms with Crippen molar-refractivity contribution >= 4 is 0 Å². The summed E-state index contributed by atoms with van der Waals surface area (Å²) in [5, 5.41) is 175. The van der Waals surface area contributed by atoms with Crippen LogP contribution in [-0.4, -0.2) is 279 Å². The molecule has 0 spiro atoms. The molecule has 3 saturated carbocycles. The lowest BCUT2D eigenvalue weighted by Gasteiger charge is -2.59. The lowest BCUT2D eigenvalue weighted by molar-refractivity contribution is -0.394. The molecule has 0 bridgehead atoms. The van der Waals surface area contributed by atoms with Gasteiger partial charge in [-0.1, -0.05) is 39.3 Å². The van der Waals surface area contributed by atoms with Crippen molar-refractivity contribution < 1.29 is 134 Å². The summed E-state index contributed by atoms with van der Waals surface area (Å²) in [6.07, 6.45) is -31.7. The molecule has 0 radical (unpaired) electrons. The molecule has 16 N–H and O–H groups in total. The minimum atomic E-state index is -1.90. The molecule has 484 valence electrons. The zero-order valence-corrected chi connectivity index (χ0v) is 48.7. The standard InChI is InChI=1S/C57H94O27/c1-21(20-74-49-41(67)39(65)36(62)31(18-58)79-49)10-15-56(72)25(5)57(73)33(84-56)17-30-28-9-8-26-16-27(11-13-54(26,6)29(28)12-14-55(30,57)7)78-53-48(83-51-43(69)38(64)35(61)23(3)76-51)45(71)47(32(19-59)80-53)82-52-44(70)40(66)46(24(4)77-52)81-50-42(68)37(63)34(60)22(2)75-50/h8,21-25,27-53,58-73H,9-20H2,1-7H3. The average molecular weight is 1210 g/mol. The van der Waals surface area contributed by atoms with Crippen LogP contribution in [0.1, 0.15) is 106 Å². The highest BCUT2D eigenvalue weighted by molar-refractivity contribution is 5.29. The van der Waals surface area contributed by atoms with Crippen molar-refractivity contribution in [2.75, 3.05) is 19.8 Å². The van der Waals surface area contributed by atoms with E-state index in [4.69, 9.17) is 52.1 Å². The zero-order chi connectivity index (χ0) is 61.0. The first-order valence-corrected chi connectivity index (χ1v) is 30.2. The van der Waals surface area contributed by atoms with Crippen molar-refractivity contribution in [2.45, 2.75) is 283 Å². The fraction of sp³-hybridized carbons (Fsp3) is 0.965. The van der Waals surface area contributed by atoms with Gasteiger partial charge in [0.15, 0.2) is 37.2 Å². The monoisotopic (exact) mass is 1210 g/mol. The van der Waals surface area contributed by atoms with Gasteiger partial charge in [-0.15, -0.1) is 0 Å². The highest BCUT2D eigenvalue weighted by Gasteiger charge is 2.75. The Labute approximate surface area is 487 Å². The third-order valence-corrected chi connectivity index (χ3v) is 21.8. The summed E-state index contributed by atoms with van der Waals surface area (Å²) in [7, 11) is 0. The molecule has 0 aromatic heterocycles. The predicted octanol–water partition coefficient (Wildman–Crippen LogP) is -4.01. The number of fused-ring (bicyclic) bond motifs is 7. The molecular formula is C57H94O27. The van der Waals surface area contributed by atoms with E-state index in [0.717, 1.165) is 6.42 Å². The number of aliphatic hydroxyl groups excluding tert-OH is 14. The molecule has 27 heteroatoms. The fourth-order valence-corrected chi connectivity index (χ4v) is 16.3.